The average Bonchev–Trinajstić information content (AvgIpc) is 3.12. The Labute approximate surface area is 137 Å². The van der Waals surface area contributed by atoms with Gasteiger partial charge in [0, 0.05) is 20.2 Å². The van der Waals surface area contributed by atoms with E-state index in [1.54, 1.807) is 7.11 Å². The van der Waals surface area contributed by atoms with E-state index in [1.807, 2.05) is 13.0 Å². The van der Waals surface area contributed by atoms with Gasteiger partial charge in [-0.25, -0.2) is 0 Å². The summed E-state index contributed by atoms with van der Waals surface area (Å²) in [6.07, 6.45) is 5.81. The van der Waals surface area contributed by atoms with Crippen molar-refractivity contribution >= 4 is 0 Å². The number of furan rings is 1. The zero-order valence-corrected chi connectivity index (χ0v) is 14.0. The van der Waals surface area contributed by atoms with Crippen LogP contribution in [0.5, 0.6) is 0 Å². The van der Waals surface area contributed by atoms with Gasteiger partial charge in [-0.3, -0.25) is 9.58 Å². The molecule has 2 aromatic heterocycles. The van der Waals surface area contributed by atoms with Gasteiger partial charge in [0.25, 0.3) is 0 Å². The largest absolute Gasteiger partial charge is 0.465 e. The normalized spacial score (nSPS) is 21.6. The van der Waals surface area contributed by atoms with Gasteiger partial charge in [-0.2, -0.15) is 5.10 Å². The molecule has 1 atom stereocenters. The van der Waals surface area contributed by atoms with Crippen LogP contribution >= 0.6 is 0 Å². The van der Waals surface area contributed by atoms with Gasteiger partial charge in [-0.1, -0.05) is 0 Å². The Morgan fingerprint density at radius 1 is 1.35 bits per heavy atom. The molecular formula is C18H25N3O2. The maximum Gasteiger partial charge on any atom is 0.118 e. The van der Waals surface area contributed by atoms with Crippen LogP contribution in [0.15, 0.2) is 22.7 Å². The van der Waals surface area contributed by atoms with Crippen LogP contribution in [0.1, 0.15) is 41.7 Å². The molecule has 124 valence electrons. The zero-order chi connectivity index (χ0) is 15.8. The van der Waals surface area contributed by atoms with Crippen LogP contribution in [-0.4, -0.2) is 34.9 Å². The summed E-state index contributed by atoms with van der Waals surface area (Å²) >= 11 is 0. The summed E-state index contributed by atoms with van der Waals surface area (Å²) in [6, 6.07) is 4.37. The predicted octanol–water partition coefficient (Wildman–Crippen LogP) is 2.94. The summed E-state index contributed by atoms with van der Waals surface area (Å²) in [7, 11) is 1.78. The molecule has 1 fully saturated rings. The molecule has 0 unspecified atom stereocenters. The number of rotatable bonds is 6. The lowest BCUT2D eigenvalue weighted by molar-refractivity contribution is 0.0679. The van der Waals surface area contributed by atoms with E-state index in [-0.39, 0.29) is 6.04 Å². The minimum absolute atomic E-state index is 0.260. The third-order valence-electron chi connectivity index (χ3n) is 4.99. The van der Waals surface area contributed by atoms with Crippen molar-refractivity contribution in [1.29, 1.82) is 0 Å². The van der Waals surface area contributed by atoms with Crippen LogP contribution in [-0.2, 0) is 24.2 Å². The molecule has 1 saturated carbocycles. The van der Waals surface area contributed by atoms with Gasteiger partial charge in [0.05, 0.1) is 31.1 Å². The highest BCUT2D eigenvalue weighted by molar-refractivity contribution is 5.25. The molecule has 2 aliphatic rings. The quantitative estimate of drug-likeness (QED) is 0.822. The summed E-state index contributed by atoms with van der Waals surface area (Å²) in [6.45, 7) is 5.60. The predicted molar refractivity (Wildman–Crippen MR) is 87.1 cm³/mol. The second-order valence-corrected chi connectivity index (χ2v) is 6.88. The van der Waals surface area contributed by atoms with Crippen molar-refractivity contribution in [2.24, 2.45) is 5.92 Å². The number of nitrogens with zero attached hydrogens (tertiary/aromatic N) is 3. The number of aryl methyl sites for hydroxylation is 1. The van der Waals surface area contributed by atoms with E-state index in [9.17, 15) is 0 Å². The first-order chi connectivity index (χ1) is 11.2. The standard InChI is InChI=1S/C18H25N3O2/c1-13-3-6-16(23-13)11-20-8-7-15-9-19-21(10-14-4-5-14)18(15)17(20)12-22-2/h3,6,9,14,17H,4-5,7-8,10-12H2,1-2H3/t17-/m1/s1. The van der Waals surface area contributed by atoms with Crippen molar-refractivity contribution in [2.75, 3.05) is 20.3 Å². The van der Waals surface area contributed by atoms with Crippen LogP contribution in [0.2, 0.25) is 0 Å². The fourth-order valence-electron chi connectivity index (χ4n) is 3.60. The van der Waals surface area contributed by atoms with Gasteiger partial charge in [-0.15, -0.1) is 0 Å². The Morgan fingerprint density at radius 3 is 2.91 bits per heavy atom. The van der Waals surface area contributed by atoms with Crippen molar-refractivity contribution < 1.29 is 9.15 Å². The first-order valence-electron chi connectivity index (χ1n) is 8.57. The Bertz CT molecular complexity index is 672. The Hall–Kier alpha value is -1.59. The fraction of sp³-hybridized carbons (Fsp3) is 0.611. The highest BCUT2D eigenvalue weighted by Crippen LogP contribution is 2.35. The van der Waals surface area contributed by atoms with E-state index < -0.39 is 0 Å². The molecular weight excluding hydrogens is 290 g/mol. The first-order valence-corrected chi connectivity index (χ1v) is 8.57. The number of fused-ring (bicyclic) bond motifs is 1. The second-order valence-electron chi connectivity index (χ2n) is 6.88. The molecule has 3 heterocycles. The molecule has 5 heteroatoms. The maximum absolute atomic E-state index is 5.78. The van der Waals surface area contributed by atoms with Crippen molar-refractivity contribution in [1.82, 2.24) is 14.7 Å². The molecule has 4 rings (SSSR count). The molecule has 0 bridgehead atoms. The Morgan fingerprint density at radius 2 is 2.22 bits per heavy atom. The van der Waals surface area contributed by atoms with E-state index in [4.69, 9.17) is 9.15 Å². The molecule has 5 nitrogen and oxygen atoms in total. The summed E-state index contributed by atoms with van der Waals surface area (Å²) in [5.74, 6) is 2.82. The first kappa shape index (κ1) is 15.0. The van der Waals surface area contributed by atoms with Crippen molar-refractivity contribution in [3.8, 4) is 0 Å². The molecule has 0 N–H and O–H groups in total. The van der Waals surface area contributed by atoms with Gasteiger partial charge in [-0.05, 0) is 49.8 Å². The minimum Gasteiger partial charge on any atom is -0.465 e. The average molecular weight is 315 g/mol. The third-order valence-corrected chi connectivity index (χ3v) is 4.99. The number of ether oxygens (including phenoxy) is 1. The highest BCUT2D eigenvalue weighted by atomic mass is 16.5. The molecule has 23 heavy (non-hydrogen) atoms. The van der Waals surface area contributed by atoms with Crippen LogP contribution < -0.4 is 0 Å². The van der Waals surface area contributed by atoms with E-state index in [0.29, 0.717) is 6.61 Å². The maximum atomic E-state index is 5.78. The molecule has 1 aliphatic carbocycles. The fourth-order valence-corrected chi connectivity index (χ4v) is 3.60. The number of hydrogen-bond donors (Lipinski definition) is 0. The van der Waals surface area contributed by atoms with E-state index in [0.717, 1.165) is 43.5 Å². The van der Waals surface area contributed by atoms with Crippen molar-refractivity contribution in [3.05, 3.63) is 41.1 Å². The number of hydrogen-bond acceptors (Lipinski definition) is 4. The molecule has 0 radical (unpaired) electrons. The molecule has 0 spiro atoms. The van der Waals surface area contributed by atoms with Crippen molar-refractivity contribution in [3.63, 3.8) is 0 Å². The van der Waals surface area contributed by atoms with Gasteiger partial charge in [0.1, 0.15) is 11.5 Å². The lowest BCUT2D eigenvalue weighted by atomic mass is 10.00. The highest BCUT2D eigenvalue weighted by Gasteiger charge is 2.33. The SMILES string of the molecule is COC[C@@H]1c2c(cnn2CC2CC2)CCN1Cc1ccc(C)o1. The van der Waals surface area contributed by atoms with E-state index >= 15 is 0 Å². The molecule has 0 amide bonds. The topological polar surface area (TPSA) is 43.4 Å². The van der Waals surface area contributed by atoms with Gasteiger partial charge < -0.3 is 9.15 Å². The zero-order valence-electron chi connectivity index (χ0n) is 14.0. The molecule has 1 aliphatic heterocycles. The second kappa shape index (κ2) is 6.13. The van der Waals surface area contributed by atoms with Crippen LogP contribution in [0.4, 0.5) is 0 Å². The monoisotopic (exact) mass is 315 g/mol. The van der Waals surface area contributed by atoms with E-state index in [1.165, 1.54) is 24.1 Å². The van der Waals surface area contributed by atoms with Gasteiger partial charge in [0.15, 0.2) is 0 Å². The Balaban J connectivity index is 1.59. The lowest BCUT2D eigenvalue weighted by Gasteiger charge is -2.35. The summed E-state index contributed by atoms with van der Waals surface area (Å²) in [5, 5.41) is 4.67. The van der Waals surface area contributed by atoms with Gasteiger partial charge in [0.2, 0.25) is 0 Å². The van der Waals surface area contributed by atoms with E-state index in [2.05, 4.69) is 26.9 Å². The number of methoxy groups -OCH3 is 1. The minimum atomic E-state index is 0.260. The smallest absolute Gasteiger partial charge is 0.118 e. The van der Waals surface area contributed by atoms with Gasteiger partial charge >= 0.3 is 0 Å². The number of aromatic nitrogens is 2. The molecule has 2 aromatic rings. The summed E-state index contributed by atoms with van der Waals surface area (Å²) < 4.78 is 13.6. The Kier molecular flexibility index (Phi) is 3.99. The van der Waals surface area contributed by atoms with Crippen LogP contribution in [0.25, 0.3) is 0 Å². The lowest BCUT2D eigenvalue weighted by Crippen LogP contribution is -2.38. The van der Waals surface area contributed by atoms with Crippen LogP contribution in [0, 0.1) is 12.8 Å². The summed E-state index contributed by atoms with van der Waals surface area (Å²) in [4.78, 5) is 2.47. The van der Waals surface area contributed by atoms with Crippen LogP contribution in [0.3, 0.4) is 0 Å². The third kappa shape index (κ3) is 3.08. The molecule has 0 saturated heterocycles. The molecule has 0 aromatic carbocycles. The van der Waals surface area contributed by atoms with Crippen molar-refractivity contribution in [2.45, 2.75) is 45.3 Å². The summed E-state index contributed by atoms with van der Waals surface area (Å²) in [5.41, 5.74) is 2.74.